The van der Waals surface area contributed by atoms with Crippen LogP contribution in [0.15, 0.2) is 52.0 Å². The smallest absolute Gasteiger partial charge is 0.242 e. The van der Waals surface area contributed by atoms with E-state index < -0.39 is 0 Å². The number of halogens is 1. The second kappa shape index (κ2) is 7.91. The normalized spacial score (nSPS) is 16.4. The summed E-state index contributed by atoms with van der Waals surface area (Å²) >= 11 is 3.45. The van der Waals surface area contributed by atoms with Crippen LogP contribution < -0.4 is 9.47 Å². The fourth-order valence-electron chi connectivity index (χ4n) is 3.06. The molecule has 0 spiro atoms. The van der Waals surface area contributed by atoms with Gasteiger partial charge in [0.25, 0.3) is 0 Å². The third-order valence-electron chi connectivity index (χ3n) is 4.45. The summed E-state index contributed by atoms with van der Waals surface area (Å²) in [4.78, 5) is 12.5. The lowest BCUT2D eigenvalue weighted by Gasteiger charge is -2.23. The largest absolute Gasteiger partial charge is 0.497 e. The van der Waals surface area contributed by atoms with Gasteiger partial charge in [0, 0.05) is 28.9 Å². The lowest BCUT2D eigenvalue weighted by atomic mass is 9.97. The molecule has 0 aliphatic carbocycles. The highest BCUT2D eigenvalue weighted by atomic mass is 79.9. The Balaban J connectivity index is 1.99. The maximum Gasteiger partial charge on any atom is 0.242 e. The first-order valence-corrected chi connectivity index (χ1v) is 9.24. The number of hydrazone groups is 1. The van der Waals surface area contributed by atoms with E-state index in [1.165, 1.54) is 0 Å². The molecular formula is C20H21BrN2O3. The van der Waals surface area contributed by atoms with Crippen LogP contribution in [0.2, 0.25) is 0 Å². The van der Waals surface area contributed by atoms with E-state index in [4.69, 9.17) is 9.47 Å². The summed E-state index contributed by atoms with van der Waals surface area (Å²) in [6.07, 6.45) is 1.03. The van der Waals surface area contributed by atoms with Crippen molar-refractivity contribution in [3.63, 3.8) is 0 Å². The number of amides is 1. The number of carbonyl (C=O) groups is 1. The lowest BCUT2D eigenvalue weighted by Crippen LogP contribution is -2.26. The van der Waals surface area contributed by atoms with Gasteiger partial charge in [-0.2, -0.15) is 5.10 Å². The minimum atomic E-state index is -0.193. The molecular weight excluding hydrogens is 396 g/mol. The molecule has 1 aliphatic rings. The van der Waals surface area contributed by atoms with E-state index in [1.54, 1.807) is 19.2 Å². The van der Waals surface area contributed by atoms with Gasteiger partial charge in [0.05, 0.1) is 26.0 Å². The number of ether oxygens (including phenoxy) is 2. The zero-order valence-electron chi connectivity index (χ0n) is 15.0. The summed E-state index contributed by atoms with van der Waals surface area (Å²) in [5, 5.41) is 6.22. The van der Waals surface area contributed by atoms with Crippen molar-refractivity contribution in [3.05, 3.63) is 58.1 Å². The molecule has 0 aromatic heterocycles. The number of hydrogen-bond acceptors (Lipinski definition) is 4. The van der Waals surface area contributed by atoms with Gasteiger partial charge in [0.2, 0.25) is 5.91 Å². The molecule has 0 saturated heterocycles. The van der Waals surface area contributed by atoms with Crippen molar-refractivity contribution < 1.29 is 14.3 Å². The van der Waals surface area contributed by atoms with Crippen LogP contribution in [-0.2, 0) is 4.79 Å². The molecule has 0 N–H and O–H groups in total. The molecule has 1 amide bonds. The molecule has 1 aliphatic heterocycles. The van der Waals surface area contributed by atoms with Crippen LogP contribution >= 0.6 is 15.9 Å². The molecule has 6 heteroatoms. The highest BCUT2D eigenvalue weighted by Crippen LogP contribution is 2.39. The zero-order chi connectivity index (χ0) is 18.7. The topological polar surface area (TPSA) is 51.1 Å². The standard InChI is InChI=1S/C20H21BrN2O3/c1-4-20(24)23-18(16-10-9-15(25-2)11-19(16)26-3)12-17(22-23)13-5-7-14(21)8-6-13/h5-11,18H,4,12H2,1-3H3. The number of methoxy groups -OCH3 is 2. The molecule has 5 nitrogen and oxygen atoms in total. The summed E-state index contributed by atoms with van der Waals surface area (Å²) in [5.41, 5.74) is 2.82. The van der Waals surface area contributed by atoms with Gasteiger partial charge in [-0.25, -0.2) is 5.01 Å². The average molecular weight is 417 g/mol. The Morgan fingerprint density at radius 2 is 1.92 bits per heavy atom. The summed E-state index contributed by atoms with van der Waals surface area (Å²) < 4.78 is 11.8. The van der Waals surface area contributed by atoms with Crippen LogP contribution in [-0.4, -0.2) is 30.8 Å². The molecule has 0 radical (unpaired) electrons. The van der Waals surface area contributed by atoms with Gasteiger partial charge in [-0.05, 0) is 29.8 Å². The van der Waals surface area contributed by atoms with E-state index in [-0.39, 0.29) is 11.9 Å². The Hall–Kier alpha value is -2.34. The van der Waals surface area contributed by atoms with Crippen LogP contribution in [0.25, 0.3) is 0 Å². The highest BCUT2D eigenvalue weighted by molar-refractivity contribution is 9.10. The summed E-state index contributed by atoms with van der Waals surface area (Å²) in [6.45, 7) is 1.85. The molecule has 1 atom stereocenters. The SMILES string of the molecule is CCC(=O)N1N=C(c2ccc(Br)cc2)CC1c1ccc(OC)cc1OC. The van der Waals surface area contributed by atoms with Crippen molar-refractivity contribution in [1.82, 2.24) is 5.01 Å². The lowest BCUT2D eigenvalue weighted by molar-refractivity contribution is -0.132. The van der Waals surface area contributed by atoms with Crippen LogP contribution in [0.4, 0.5) is 0 Å². The van der Waals surface area contributed by atoms with E-state index in [1.807, 2.05) is 49.4 Å². The summed E-state index contributed by atoms with van der Waals surface area (Å²) in [6, 6.07) is 13.4. The number of hydrogen-bond donors (Lipinski definition) is 0. The molecule has 1 unspecified atom stereocenters. The number of benzene rings is 2. The summed E-state index contributed by atoms with van der Waals surface area (Å²) in [7, 11) is 3.24. The van der Waals surface area contributed by atoms with Gasteiger partial charge in [0.15, 0.2) is 0 Å². The van der Waals surface area contributed by atoms with Crippen LogP contribution in [0.5, 0.6) is 11.5 Å². The fourth-order valence-corrected chi connectivity index (χ4v) is 3.32. The number of nitrogens with zero attached hydrogens (tertiary/aromatic N) is 2. The van der Waals surface area contributed by atoms with Crippen molar-refractivity contribution in [1.29, 1.82) is 0 Å². The Kier molecular flexibility index (Phi) is 5.61. The van der Waals surface area contributed by atoms with Gasteiger partial charge < -0.3 is 9.47 Å². The van der Waals surface area contributed by atoms with Gasteiger partial charge in [0.1, 0.15) is 11.5 Å². The van der Waals surface area contributed by atoms with Crippen molar-refractivity contribution in [2.45, 2.75) is 25.8 Å². The molecule has 2 aromatic carbocycles. The minimum Gasteiger partial charge on any atom is -0.497 e. The zero-order valence-corrected chi connectivity index (χ0v) is 16.6. The first-order valence-electron chi connectivity index (χ1n) is 8.44. The summed E-state index contributed by atoms with van der Waals surface area (Å²) in [5.74, 6) is 1.39. The second-order valence-electron chi connectivity index (χ2n) is 5.97. The van der Waals surface area contributed by atoms with Gasteiger partial charge >= 0.3 is 0 Å². The molecule has 0 bridgehead atoms. The van der Waals surface area contributed by atoms with E-state index >= 15 is 0 Å². The van der Waals surface area contributed by atoms with Gasteiger partial charge in [-0.3, -0.25) is 4.79 Å². The molecule has 26 heavy (non-hydrogen) atoms. The molecule has 136 valence electrons. The Labute approximate surface area is 161 Å². The van der Waals surface area contributed by atoms with Crippen molar-refractivity contribution >= 4 is 27.5 Å². The molecule has 1 heterocycles. The first-order chi connectivity index (χ1) is 12.6. The van der Waals surface area contributed by atoms with Crippen molar-refractivity contribution in [2.24, 2.45) is 5.10 Å². The maximum absolute atomic E-state index is 12.5. The molecule has 0 saturated carbocycles. The van der Waals surface area contributed by atoms with Crippen molar-refractivity contribution in [3.8, 4) is 11.5 Å². The van der Waals surface area contributed by atoms with Crippen LogP contribution in [0.3, 0.4) is 0 Å². The van der Waals surface area contributed by atoms with E-state index in [0.717, 1.165) is 21.3 Å². The Bertz CT molecular complexity index is 833. The van der Waals surface area contributed by atoms with E-state index in [2.05, 4.69) is 21.0 Å². The second-order valence-corrected chi connectivity index (χ2v) is 6.89. The third kappa shape index (κ3) is 3.60. The molecule has 3 rings (SSSR count). The van der Waals surface area contributed by atoms with Crippen LogP contribution in [0, 0.1) is 0 Å². The third-order valence-corrected chi connectivity index (χ3v) is 4.97. The quantitative estimate of drug-likeness (QED) is 0.717. The van der Waals surface area contributed by atoms with E-state index in [9.17, 15) is 4.79 Å². The highest BCUT2D eigenvalue weighted by Gasteiger charge is 2.34. The van der Waals surface area contributed by atoms with Gasteiger partial charge in [-0.15, -0.1) is 0 Å². The van der Waals surface area contributed by atoms with E-state index in [0.29, 0.717) is 24.3 Å². The Morgan fingerprint density at radius 1 is 1.19 bits per heavy atom. The molecule has 2 aromatic rings. The predicted octanol–water partition coefficient (Wildman–Crippen LogP) is 4.55. The molecule has 0 fully saturated rings. The van der Waals surface area contributed by atoms with Crippen LogP contribution in [0.1, 0.15) is 36.9 Å². The average Bonchev–Trinajstić information content (AvgIpc) is 3.12. The Morgan fingerprint density at radius 3 is 2.54 bits per heavy atom. The maximum atomic E-state index is 12.5. The van der Waals surface area contributed by atoms with Crippen molar-refractivity contribution in [2.75, 3.05) is 14.2 Å². The predicted molar refractivity (Wildman–Crippen MR) is 105 cm³/mol. The van der Waals surface area contributed by atoms with Gasteiger partial charge in [-0.1, -0.05) is 35.0 Å². The number of carbonyl (C=O) groups excluding carboxylic acids is 1. The number of rotatable bonds is 5. The minimum absolute atomic E-state index is 0.0139. The first kappa shape index (κ1) is 18.5. The monoisotopic (exact) mass is 416 g/mol. The fraction of sp³-hybridized carbons (Fsp3) is 0.300.